The molecule has 0 aliphatic carbocycles. The van der Waals surface area contributed by atoms with Crippen LogP contribution in [0.1, 0.15) is 5.56 Å². The Hall–Kier alpha value is -1.86. The quantitative estimate of drug-likeness (QED) is 0.855. The highest BCUT2D eigenvalue weighted by atomic mass is 35.5. The topological polar surface area (TPSA) is 69.1 Å². The Morgan fingerprint density at radius 3 is 2.91 bits per heavy atom. The van der Waals surface area contributed by atoms with Crippen LogP contribution in [-0.2, 0) is 11.3 Å². The predicted molar refractivity (Wildman–Crippen MR) is 82.8 cm³/mol. The van der Waals surface area contributed by atoms with Gasteiger partial charge in [0, 0.05) is 13.6 Å². The SMILES string of the molecule is CN1N=C(F)C2N=C(NCc3ccc(Cl)c(Cl)c3)NC(=O)C21. The number of fused-ring (bicyclic) bond motifs is 1. The van der Waals surface area contributed by atoms with Crippen LogP contribution in [0.5, 0.6) is 0 Å². The van der Waals surface area contributed by atoms with Crippen molar-refractivity contribution in [3.63, 3.8) is 0 Å². The van der Waals surface area contributed by atoms with Crippen molar-refractivity contribution in [1.82, 2.24) is 15.6 Å². The number of hydrogen-bond donors (Lipinski definition) is 2. The Morgan fingerprint density at radius 1 is 1.41 bits per heavy atom. The first kappa shape index (κ1) is 15.1. The summed E-state index contributed by atoms with van der Waals surface area (Å²) in [7, 11) is 1.54. The predicted octanol–water partition coefficient (Wildman–Crippen LogP) is 1.53. The number of carbonyl (C=O) groups excluding carboxylic acids is 1. The second kappa shape index (κ2) is 5.73. The molecular formula is C13H12Cl2FN5O. The molecule has 0 saturated heterocycles. The number of nitrogens with one attached hydrogen (secondary N) is 2. The molecular weight excluding hydrogens is 332 g/mol. The molecule has 0 spiro atoms. The van der Waals surface area contributed by atoms with E-state index in [0.29, 0.717) is 16.6 Å². The number of aliphatic imine (C=N–C) groups is 1. The third-order valence-electron chi connectivity index (χ3n) is 3.42. The van der Waals surface area contributed by atoms with Gasteiger partial charge in [0.1, 0.15) is 0 Å². The molecule has 6 nitrogen and oxygen atoms in total. The monoisotopic (exact) mass is 343 g/mol. The summed E-state index contributed by atoms with van der Waals surface area (Å²) in [4.78, 5) is 16.1. The second-order valence-corrected chi connectivity index (χ2v) is 5.77. The maximum absolute atomic E-state index is 13.7. The Balaban J connectivity index is 1.72. The fourth-order valence-electron chi connectivity index (χ4n) is 2.33. The van der Waals surface area contributed by atoms with Crippen molar-refractivity contribution in [3.05, 3.63) is 33.8 Å². The van der Waals surface area contributed by atoms with E-state index in [9.17, 15) is 9.18 Å². The smallest absolute Gasteiger partial charge is 0.253 e. The van der Waals surface area contributed by atoms with Gasteiger partial charge >= 0.3 is 0 Å². The summed E-state index contributed by atoms with van der Waals surface area (Å²) in [5.41, 5.74) is 0.853. The van der Waals surface area contributed by atoms with E-state index < -0.39 is 18.0 Å². The molecule has 1 aromatic carbocycles. The van der Waals surface area contributed by atoms with Gasteiger partial charge in [0.2, 0.25) is 5.97 Å². The zero-order chi connectivity index (χ0) is 15.9. The van der Waals surface area contributed by atoms with Crippen LogP contribution in [0.15, 0.2) is 28.3 Å². The summed E-state index contributed by atoms with van der Waals surface area (Å²) >= 11 is 11.8. The second-order valence-electron chi connectivity index (χ2n) is 4.96. The number of nitrogens with zero attached hydrogens (tertiary/aromatic N) is 3. The number of carbonyl (C=O) groups is 1. The lowest BCUT2D eigenvalue weighted by Crippen LogP contribution is -2.56. The lowest BCUT2D eigenvalue weighted by atomic mass is 10.1. The average molecular weight is 344 g/mol. The molecule has 2 atom stereocenters. The van der Waals surface area contributed by atoms with Crippen molar-refractivity contribution < 1.29 is 9.18 Å². The number of hydrazone groups is 1. The molecule has 0 fully saturated rings. The molecule has 0 aromatic heterocycles. The fourth-order valence-corrected chi connectivity index (χ4v) is 2.65. The number of hydrogen-bond acceptors (Lipinski definition) is 5. The Morgan fingerprint density at radius 2 is 2.18 bits per heavy atom. The maximum atomic E-state index is 13.7. The fraction of sp³-hybridized carbons (Fsp3) is 0.308. The minimum Gasteiger partial charge on any atom is -0.352 e. The summed E-state index contributed by atoms with van der Waals surface area (Å²) < 4.78 is 13.7. The third-order valence-corrected chi connectivity index (χ3v) is 4.16. The number of rotatable bonds is 2. The van der Waals surface area contributed by atoms with Gasteiger partial charge in [0.25, 0.3) is 5.91 Å². The van der Waals surface area contributed by atoms with Gasteiger partial charge in [-0.15, -0.1) is 5.10 Å². The van der Waals surface area contributed by atoms with Crippen LogP contribution in [0.2, 0.25) is 10.0 Å². The molecule has 9 heteroatoms. The molecule has 0 radical (unpaired) electrons. The Labute approximate surface area is 136 Å². The van der Waals surface area contributed by atoms with Gasteiger partial charge in [0.15, 0.2) is 18.0 Å². The molecule has 22 heavy (non-hydrogen) atoms. The van der Waals surface area contributed by atoms with Crippen LogP contribution in [0.25, 0.3) is 0 Å². The normalized spacial score (nSPS) is 23.6. The number of guanidine groups is 1. The standard InChI is InChI=1S/C13H12Cl2FN5O/c1-21-10-9(11(16)20-21)18-13(19-12(10)22)17-5-6-2-3-7(14)8(15)4-6/h2-4,9-10H,5H2,1H3,(H2,17,18,19,22). The minimum atomic E-state index is -0.907. The number of benzene rings is 1. The zero-order valence-electron chi connectivity index (χ0n) is 11.5. The van der Waals surface area contributed by atoms with E-state index in [1.54, 1.807) is 18.2 Å². The lowest BCUT2D eigenvalue weighted by molar-refractivity contribution is -0.124. The van der Waals surface area contributed by atoms with Gasteiger partial charge < -0.3 is 5.32 Å². The zero-order valence-corrected chi connectivity index (χ0v) is 13.0. The minimum absolute atomic E-state index is 0.206. The summed E-state index contributed by atoms with van der Waals surface area (Å²) in [6.07, 6.45) is 0. The van der Waals surface area contributed by atoms with Crippen molar-refractivity contribution >= 4 is 41.0 Å². The molecule has 2 N–H and O–H groups in total. The van der Waals surface area contributed by atoms with Crippen molar-refractivity contribution in [1.29, 1.82) is 0 Å². The van der Waals surface area contributed by atoms with Gasteiger partial charge in [-0.2, -0.15) is 4.39 Å². The molecule has 0 saturated carbocycles. The van der Waals surface area contributed by atoms with Crippen LogP contribution < -0.4 is 10.6 Å². The van der Waals surface area contributed by atoms with Crippen molar-refractivity contribution in [2.75, 3.05) is 7.05 Å². The molecule has 2 unspecified atom stereocenters. The molecule has 3 rings (SSSR count). The van der Waals surface area contributed by atoms with Gasteiger partial charge in [0.05, 0.1) is 10.0 Å². The van der Waals surface area contributed by atoms with E-state index in [1.165, 1.54) is 12.1 Å². The van der Waals surface area contributed by atoms with E-state index in [2.05, 4.69) is 20.7 Å². The van der Waals surface area contributed by atoms with Gasteiger partial charge in [-0.25, -0.2) is 4.99 Å². The van der Waals surface area contributed by atoms with Crippen LogP contribution in [0.3, 0.4) is 0 Å². The molecule has 116 valence electrons. The lowest BCUT2D eigenvalue weighted by Gasteiger charge is -2.26. The van der Waals surface area contributed by atoms with E-state index in [1.807, 2.05) is 0 Å². The average Bonchev–Trinajstić information content (AvgIpc) is 2.75. The van der Waals surface area contributed by atoms with E-state index in [4.69, 9.17) is 23.2 Å². The van der Waals surface area contributed by atoms with E-state index in [0.717, 1.165) is 5.56 Å². The summed E-state index contributed by atoms with van der Waals surface area (Å²) in [6, 6.07) is 3.53. The molecule has 1 amide bonds. The first-order valence-corrected chi connectivity index (χ1v) is 7.24. The maximum Gasteiger partial charge on any atom is 0.253 e. The van der Waals surface area contributed by atoms with Gasteiger partial charge in [-0.05, 0) is 17.7 Å². The van der Waals surface area contributed by atoms with E-state index in [-0.39, 0.29) is 11.9 Å². The van der Waals surface area contributed by atoms with Crippen molar-refractivity contribution in [2.45, 2.75) is 18.6 Å². The number of halogens is 3. The van der Waals surface area contributed by atoms with Crippen LogP contribution in [0, 0.1) is 0 Å². The third kappa shape index (κ3) is 2.74. The molecule has 2 heterocycles. The van der Waals surface area contributed by atoms with Gasteiger partial charge in [-0.1, -0.05) is 29.3 Å². The van der Waals surface area contributed by atoms with Crippen LogP contribution in [-0.4, -0.2) is 42.0 Å². The molecule has 2 aliphatic rings. The van der Waals surface area contributed by atoms with Crippen molar-refractivity contribution in [3.8, 4) is 0 Å². The Kier molecular flexibility index (Phi) is 3.92. The molecule has 0 bridgehead atoms. The van der Waals surface area contributed by atoms with Crippen LogP contribution in [0.4, 0.5) is 4.39 Å². The number of likely N-dealkylation sites (N-methyl/N-ethyl adjacent to an activating group) is 1. The highest BCUT2D eigenvalue weighted by Gasteiger charge is 2.44. The highest BCUT2D eigenvalue weighted by Crippen LogP contribution is 2.23. The molecule has 2 aliphatic heterocycles. The summed E-state index contributed by atoms with van der Waals surface area (Å²) in [5.74, 6) is -0.815. The first-order valence-electron chi connectivity index (χ1n) is 6.49. The molecule has 1 aromatic rings. The Bertz CT molecular complexity index is 693. The summed E-state index contributed by atoms with van der Waals surface area (Å²) in [6.45, 7) is 0.363. The van der Waals surface area contributed by atoms with Crippen LogP contribution >= 0.6 is 23.2 Å². The van der Waals surface area contributed by atoms with Gasteiger partial charge in [-0.3, -0.25) is 15.1 Å². The van der Waals surface area contributed by atoms with E-state index >= 15 is 0 Å². The largest absolute Gasteiger partial charge is 0.352 e. The summed E-state index contributed by atoms with van der Waals surface area (Å²) in [5, 5.41) is 11.3. The van der Waals surface area contributed by atoms with Crippen molar-refractivity contribution in [2.24, 2.45) is 10.1 Å². The highest BCUT2D eigenvalue weighted by molar-refractivity contribution is 6.42. The number of amides is 1. The first-order chi connectivity index (χ1) is 10.5.